The number of amides is 1. The third-order valence-electron chi connectivity index (χ3n) is 7.18. The van der Waals surface area contributed by atoms with Crippen LogP contribution in [0.5, 0.6) is 0 Å². The fraction of sp³-hybridized carbons (Fsp3) is 0.393. The molecular formula is C28H32N2OS. The van der Waals surface area contributed by atoms with E-state index in [4.69, 9.17) is 0 Å². The van der Waals surface area contributed by atoms with Crippen LogP contribution in [0.1, 0.15) is 45.5 Å². The molecule has 1 amide bonds. The zero-order valence-electron chi connectivity index (χ0n) is 19.4. The standard InChI is InChI=1S/C28H32N2OS/c1-20-6-7-26-25(16-20)28(19-30(26)27(31)17-24-5-4-12-32-24)8-10-29(11-9-28)18-23-14-21(2)13-22(3)15-23/h4-7,12-16H,8-11,17-19H2,1-3H3. The molecule has 0 atom stereocenters. The zero-order chi connectivity index (χ0) is 22.3. The maximum atomic E-state index is 13.3. The Balaban J connectivity index is 1.34. The third-order valence-corrected chi connectivity index (χ3v) is 8.06. The van der Waals surface area contributed by atoms with Gasteiger partial charge in [0.15, 0.2) is 0 Å². The average Bonchev–Trinajstić information content (AvgIpc) is 3.36. The lowest BCUT2D eigenvalue weighted by Crippen LogP contribution is -2.46. The molecule has 1 aromatic heterocycles. The van der Waals surface area contributed by atoms with Gasteiger partial charge in [0.25, 0.3) is 0 Å². The van der Waals surface area contributed by atoms with Crippen molar-refractivity contribution < 1.29 is 4.79 Å². The zero-order valence-corrected chi connectivity index (χ0v) is 20.2. The summed E-state index contributed by atoms with van der Waals surface area (Å²) >= 11 is 1.67. The van der Waals surface area contributed by atoms with Crippen LogP contribution < -0.4 is 4.90 Å². The maximum absolute atomic E-state index is 13.3. The first-order chi connectivity index (χ1) is 15.4. The van der Waals surface area contributed by atoms with Crippen molar-refractivity contribution in [2.24, 2.45) is 0 Å². The minimum atomic E-state index is 0.0888. The van der Waals surface area contributed by atoms with Crippen LogP contribution >= 0.6 is 11.3 Å². The number of aryl methyl sites for hydroxylation is 3. The molecule has 5 rings (SSSR count). The molecule has 3 nitrogen and oxygen atoms in total. The number of thiophene rings is 1. The van der Waals surface area contributed by atoms with Crippen LogP contribution in [0, 0.1) is 20.8 Å². The van der Waals surface area contributed by atoms with Crippen molar-refractivity contribution in [1.29, 1.82) is 0 Å². The van der Waals surface area contributed by atoms with E-state index in [0.717, 1.165) is 49.6 Å². The molecule has 166 valence electrons. The highest BCUT2D eigenvalue weighted by Crippen LogP contribution is 2.47. The second-order valence-corrected chi connectivity index (χ2v) is 10.8. The van der Waals surface area contributed by atoms with E-state index in [9.17, 15) is 4.79 Å². The lowest BCUT2D eigenvalue weighted by Gasteiger charge is -2.40. The SMILES string of the molecule is Cc1cc(C)cc(CN2CCC3(CC2)CN(C(=O)Cc2cccs2)c2ccc(C)cc23)c1. The van der Waals surface area contributed by atoms with Gasteiger partial charge in [-0.1, -0.05) is 53.1 Å². The lowest BCUT2D eigenvalue weighted by molar-refractivity contribution is -0.118. The minimum Gasteiger partial charge on any atom is -0.311 e. The minimum absolute atomic E-state index is 0.0888. The summed E-state index contributed by atoms with van der Waals surface area (Å²) in [6.07, 6.45) is 2.72. The molecule has 32 heavy (non-hydrogen) atoms. The molecule has 1 spiro atoms. The average molecular weight is 445 g/mol. The van der Waals surface area contributed by atoms with E-state index in [1.54, 1.807) is 11.3 Å². The van der Waals surface area contributed by atoms with Gasteiger partial charge in [0.05, 0.1) is 6.42 Å². The first kappa shape index (κ1) is 21.4. The van der Waals surface area contributed by atoms with Crippen LogP contribution in [0.2, 0.25) is 0 Å². The molecule has 3 aromatic rings. The summed E-state index contributed by atoms with van der Waals surface area (Å²) in [5, 5.41) is 2.05. The number of benzene rings is 2. The van der Waals surface area contributed by atoms with Crippen LogP contribution in [-0.2, 0) is 23.2 Å². The van der Waals surface area contributed by atoms with Crippen LogP contribution in [0.15, 0.2) is 53.9 Å². The summed E-state index contributed by atoms with van der Waals surface area (Å²) in [6, 6.07) is 17.6. The molecule has 0 N–H and O–H groups in total. The van der Waals surface area contributed by atoms with Gasteiger partial charge in [-0.2, -0.15) is 0 Å². The van der Waals surface area contributed by atoms with E-state index in [1.807, 2.05) is 6.07 Å². The van der Waals surface area contributed by atoms with E-state index in [2.05, 4.69) is 78.4 Å². The number of carbonyl (C=O) groups is 1. The van der Waals surface area contributed by atoms with E-state index in [1.165, 1.54) is 27.8 Å². The molecule has 0 saturated carbocycles. The molecule has 2 aromatic carbocycles. The smallest absolute Gasteiger partial charge is 0.232 e. The van der Waals surface area contributed by atoms with E-state index >= 15 is 0 Å². The van der Waals surface area contributed by atoms with Gasteiger partial charge in [-0.15, -0.1) is 11.3 Å². The fourth-order valence-electron chi connectivity index (χ4n) is 5.65. The highest BCUT2D eigenvalue weighted by atomic mass is 32.1. The summed E-state index contributed by atoms with van der Waals surface area (Å²) in [5.74, 6) is 0.229. The summed E-state index contributed by atoms with van der Waals surface area (Å²) < 4.78 is 0. The van der Waals surface area contributed by atoms with Gasteiger partial charge in [-0.3, -0.25) is 9.69 Å². The molecule has 2 aliphatic rings. The van der Waals surface area contributed by atoms with Crippen molar-refractivity contribution >= 4 is 22.9 Å². The summed E-state index contributed by atoms with van der Waals surface area (Å²) in [7, 11) is 0. The lowest BCUT2D eigenvalue weighted by atomic mass is 9.74. The topological polar surface area (TPSA) is 23.6 Å². The molecule has 0 radical (unpaired) electrons. The number of nitrogens with zero attached hydrogens (tertiary/aromatic N) is 2. The molecule has 3 heterocycles. The predicted octanol–water partition coefficient (Wildman–Crippen LogP) is 5.80. The van der Waals surface area contributed by atoms with Gasteiger partial charge in [0.1, 0.15) is 0 Å². The summed E-state index contributed by atoms with van der Waals surface area (Å²) in [4.78, 5) is 19.1. The number of piperidine rings is 1. The highest BCUT2D eigenvalue weighted by Gasteiger charge is 2.46. The van der Waals surface area contributed by atoms with Gasteiger partial charge >= 0.3 is 0 Å². The van der Waals surface area contributed by atoms with Gasteiger partial charge in [0.2, 0.25) is 5.91 Å². The molecule has 0 bridgehead atoms. The van der Waals surface area contributed by atoms with Crippen molar-refractivity contribution in [3.05, 3.63) is 86.6 Å². The molecule has 1 fully saturated rings. The molecule has 0 aliphatic carbocycles. The molecular weight excluding hydrogens is 412 g/mol. The number of hydrogen-bond donors (Lipinski definition) is 0. The number of carbonyl (C=O) groups excluding carboxylic acids is 1. The summed E-state index contributed by atoms with van der Waals surface area (Å²) in [5.41, 5.74) is 8.00. The van der Waals surface area contributed by atoms with E-state index in [-0.39, 0.29) is 11.3 Å². The molecule has 0 unspecified atom stereocenters. The Labute approximate surface area is 195 Å². The van der Waals surface area contributed by atoms with Gasteiger partial charge in [-0.05, 0) is 75.3 Å². The third kappa shape index (κ3) is 4.14. The van der Waals surface area contributed by atoms with Crippen molar-refractivity contribution in [3.8, 4) is 0 Å². The van der Waals surface area contributed by atoms with Crippen LogP contribution in [0.25, 0.3) is 0 Å². The van der Waals surface area contributed by atoms with Crippen molar-refractivity contribution in [3.63, 3.8) is 0 Å². The monoisotopic (exact) mass is 444 g/mol. The first-order valence-electron chi connectivity index (χ1n) is 11.7. The number of likely N-dealkylation sites (tertiary alicyclic amines) is 1. The predicted molar refractivity (Wildman–Crippen MR) is 134 cm³/mol. The maximum Gasteiger partial charge on any atom is 0.232 e. The molecule has 1 saturated heterocycles. The highest BCUT2D eigenvalue weighted by molar-refractivity contribution is 7.10. The quantitative estimate of drug-likeness (QED) is 0.508. The number of rotatable bonds is 4. The fourth-order valence-corrected chi connectivity index (χ4v) is 6.34. The normalized spacial score (nSPS) is 17.7. The number of fused-ring (bicyclic) bond motifs is 2. The Kier molecular flexibility index (Phi) is 5.68. The Morgan fingerprint density at radius 3 is 2.41 bits per heavy atom. The van der Waals surface area contributed by atoms with Gasteiger partial charge in [-0.25, -0.2) is 0 Å². The Morgan fingerprint density at radius 2 is 1.72 bits per heavy atom. The Hall–Kier alpha value is -2.43. The first-order valence-corrected chi connectivity index (χ1v) is 12.5. The van der Waals surface area contributed by atoms with Crippen molar-refractivity contribution in [2.45, 2.75) is 52.0 Å². The number of hydrogen-bond acceptors (Lipinski definition) is 3. The van der Waals surface area contributed by atoms with E-state index in [0.29, 0.717) is 6.42 Å². The molecule has 4 heteroatoms. The van der Waals surface area contributed by atoms with Gasteiger partial charge < -0.3 is 4.90 Å². The van der Waals surface area contributed by atoms with E-state index < -0.39 is 0 Å². The second-order valence-electron chi connectivity index (χ2n) is 9.81. The summed E-state index contributed by atoms with van der Waals surface area (Å²) in [6.45, 7) is 10.5. The Morgan fingerprint density at radius 1 is 0.969 bits per heavy atom. The van der Waals surface area contributed by atoms with Crippen molar-refractivity contribution in [2.75, 3.05) is 24.5 Å². The van der Waals surface area contributed by atoms with Crippen LogP contribution in [0.3, 0.4) is 0 Å². The number of anilines is 1. The Bertz CT molecular complexity index is 1110. The van der Waals surface area contributed by atoms with Crippen LogP contribution in [-0.4, -0.2) is 30.4 Å². The second kappa shape index (κ2) is 8.49. The van der Waals surface area contributed by atoms with Crippen molar-refractivity contribution in [1.82, 2.24) is 4.90 Å². The largest absolute Gasteiger partial charge is 0.311 e. The van der Waals surface area contributed by atoms with Gasteiger partial charge in [0, 0.05) is 29.1 Å². The molecule has 2 aliphatic heterocycles. The van der Waals surface area contributed by atoms with Crippen LogP contribution in [0.4, 0.5) is 5.69 Å².